The van der Waals surface area contributed by atoms with E-state index in [1.807, 2.05) is 0 Å². The number of Topliss-reactive ketones (excluding diaryl/α,β-unsaturated/α-hetero) is 1. The summed E-state index contributed by atoms with van der Waals surface area (Å²) >= 11 is 0. The third-order valence-corrected chi connectivity index (χ3v) is 4.71. The molecule has 1 saturated carbocycles. The van der Waals surface area contributed by atoms with E-state index >= 15 is 0 Å². The number of amides is 1. The minimum atomic E-state index is -0.848. The van der Waals surface area contributed by atoms with E-state index in [0.717, 1.165) is 19.3 Å². The summed E-state index contributed by atoms with van der Waals surface area (Å²) in [6.45, 7) is 4.86. The van der Waals surface area contributed by atoms with Crippen LogP contribution in [0.5, 0.6) is 5.75 Å². The van der Waals surface area contributed by atoms with Crippen molar-refractivity contribution in [2.45, 2.75) is 58.6 Å². The third-order valence-electron chi connectivity index (χ3n) is 4.71. The maximum atomic E-state index is 12.0. The van der Waals surface area contributed by atoms with Crippen LogP contribution in [0.1, 0.15) is 56.8 Å². The van der Waals surface area contributed by atoms with E-state index in [0.29, 0.717) is 17.2 Å². The Balaban J connectivity index is 1.75. The number of hydrogen-bond acceptors (Lipinski definition) is 5. The molecular weight excluding hydrogens is 334 g/mol. The molecule has 3 unspecified atom stereocenters. The number of carbonyl (C=O) groups is 3. The molecule has 1 aromatic rings. The summed E-state index contributed by atoms with van der Waals surface area (Å²) in [6, 6.07) is 6.67. The molecule has 1 aromatic carbocycles. The Morgan fingerprint density at radius 3 is 2.42 bits per heavy atom. The third kappa shape index (κ3) is 5.86. The van der Waals surface area contributed by atoms with Crippen molar-refractivity contribution >= 4 is 17.7 Å². The van der Waals surface area contributed by atoms with Crippen LogP contribution in [0, 0.1) is 5.92 Å². The van der Waals surface area contributed by atoms with Crippen LogP contribution in [0.3, 0.4) is 0 Å². The lowest BCUT2D eigenvalue weighted by molar-refractivity contribution is -0.155. The van der Waals surface area contributed by atoms with E-state index in [1.54, 1.807) is 31.2 Å². The van der Waals surface area contributed by atoms with Crippen LogP contribution in [0.4, 0.5) is 0 Å². The molecule has 1 aliphatic rings. The topological polar surface area (TPSA) is 81.7 Å². The van der Waals surface area contributed by atoms with Gasteiger partial charge in [0.1, 0.15) is 5.75 Å². The van der Waals surface area contributed by atoms with Crippen molar-refractivity contribution in [2.75, 3.05) is 6.61 Å². The van der Waals surface area contributed by atoms with Crippen molar-refractivity contribution in [3.05, 3.63) is 29.8 Å². The summed E-state index contributed by atoms with van der Waals surface area (Å²) in [5, 5.41) is 2.94. The van der Waals surface area contributed by atoms with Gasteiger partial charge in [-0.15, -0.1) is 0 Å². The van der Waals surface area contributed by atoms with E-state index in [9.17, 15) is 14.4 Å². The predicted molar refractivity (Wildman–Crippen MR) is 97.1 cm³/mol. The second kappa shape index (κ2) is 9.36. The van der Waals surface area contributed by atoms with Gasteiger partial charge in [0.2, 0.25) is 0 Å². The number of hydrogen-bond donors (Lipinski definition) is 1. The van der Waals surface area contributed by atoms with E-state index in [1.165, 1.54) is 13.3 Å². The molecule has 1 fully saturated rings. The second-order valence-corrected chi connectivity index (χ2v) is 6.88. The summed E-state index contributed by atoms with van der Waals surface area (Å²) in [5.74, 6) is -0.0199. The molecule has 6 heteroatoms. The van der Waals surface area contributed by atoms with Crippen molar-refractivity contribution < 1.29 is 23.9 Å². The SMILES string of the molecule is CC(=O)c1ccc(OC(C)C(=O)OCC(=O)NC2CCCCC2C)cc1. The summed E-state index contributed by atoms with van der Waals surface area (Å²) in [4.78, 5) is 35.2. The van der Waals surface area contributed by atoms with Crippen LogP contribution < -0.4 is 10.1 Å². The van der Waals surface area contributed by atoms with Gasteiger partial charge < -0.3 is 14.8 Å². The maximum absolute atomic E-state index is 12.0. The molecule has 0 heterocycles. The summed E-state index contributed by atoms with van der Waals surface area (Å²) in [6.07, 6.45) is 3.54. The molecule has 1 amide bonds. The van der Waals surface area contributed by atoms with Crippen LogP contribution in [0.15, 0.2) is 24.3 Å². The number of carbonyl (C=O) groups excluding carboxylic acids is 3. The molecule has 0 spiro atoms. The normalized spacial score (nSPS) is 20.7. The van der Waals surface area contributed by atoms with Gasteiger partial charge in [-0.1, -0.05) is 19.8 Å². The molecular formula is C20H27NO5. The molecule has 0 saturated heterocycles. The molecule has 2 rings (SSSR count). The van der Waals surface area contributed by atoms with Crippen molar-refractivity contribution in [1.29, 1.82) is 0 Å². The number of ether oxygens (including phenoxy) is 2. The first-order chi connectivity index (χ1) is 12.4. The fourth-order valence-corrected chi connectivity index (χ4v) is 3.05. The number of benzene rings is 1. The van der Waals surface area contributed by atoms with Gasteiger partial charge in [0, 0.05) is 11.6 Å². The average Bonchev–Trinajstić information content (AvgIpc) is 2.62. The lowest BCUT2D eigenvalue weighted by atomic mass is 9.86. The number of nitrogens with one attached hydrogen (secondary N) is 1. The van der Waals surface area contributed by atoms with Gasteiger partial charge in [-0.05, 0) is 56.9 Å². The van der Waals surface area contributed by atoms with Gasteiger partial charge in [0.15, 0.2) is 18.5 Å². The molecule has 1 aliphatic carbocycles. The van der Waals surface area contributed by atoms with Gasteiger partial charge in [0.05, 0.1) is 0 Å². The molecule has 0 aromatic heterocycles. The standard InChI is InChI=1S/C20H27NO5/c1-13-6-4-5-7-18(13)21-19(23)12-25-20(24)15(3)26-17-10-8-16(9-11-17)14(2)22/h8-11,13,15,18H,4-7,12H2,1-3H3,(H,21,23). The van der Waals surface area contributed by atoms with Crippen molar-refractivity contribution in [2.24, 2.45) is 5.92 Å². The highest BCUT2D eigenvalue weighted by Crippen LogP contribution is 2.23. The summed E-state index contributed by atoms with van der Waals surface area (Å²) < 4.78 is 10.5. The quantitative estimate of drug-likeness (QED) is 0.596. The molecule has 26 heavy (non-hydrogen) atoms. The van der Waals surface area contributed by atoms with Crippen molar-refractivity contribution in [1.82, 2.24) is 5.32 Å². The molecule has 1 N–H and O–H groups in total. The number of esters is 1. The number of ketones is 1. The summed E-state index contributed by atoms with van der Waals surface area (Å²) in [7, 11) is 0. The van der Waals surface area contributed by atoms with Crippen LogP contribution in [-0.2, 0) is 14.3 Å². The minimum absolute atomic E-state index is 0.0395. The fraction of sp³-hybridized carbons (Fsp3) is 0.550. The highest BCUT2D eigenvalue weighted by atomic mass is 16.6. The smallest absolute Gasteiger partial charge is 0.347 e. The average molecular weight is 361 g/mol. The first-order valence-electron chi connectivity index (χ1n) is 9.10. The highest BCUT2D eigenvalue weighted by molar-refractivity contribution is 5.94. The monoisotopic (exact) mass is 361 g/mol. The highest BCUT2D eigenvalue weighted by Gasteiger charge is 2.24. The van der Waals surface area contributed by atoms with Gasteiger partial charge in [-0.25, -0.2) is 4.79 Å². The van der Waals surface area contributed by atoms with Crippen molar-refractivity contribution in [3.8, 4) is 5.75 Å². The van der Waals surface area contributed by atoms with Crippen LogP contribution in [0.2, 0.25) is 0 Å². The van der Waals surface area contributed by atoms with Gasteiger partial charge in [-0.2, -0.15) is 0 Å². The van der Waals surface area contributed by atoms with Gasteiger partial charge >= 0.3 is 5.97 Å². The Bertz CT molecular complexity index is 640. The zero-order valence-electron chi connectivity index (χ0n) is 15.6. The zero-order chi connectivity index (χ0) is 19.1. The Hall–Kier alpha value is -2.37. The zero-order valence-corrected chi connectivity index (χ0v) is 15.6. The first kappa shape index (κ1) is 19.9. The molecule has 3 atom stereocenters. The molecule has 6 nitrogen and oxygen atoms in total. The molecule has 0 bridgehead atoms. The van der Waals surface area contributed by atoms with Gasteiger partial charge in [0.25, 0.3) is 5.91 Å². The minimum Gasteiger partial charge on any atom is -0.479 e. The molecule has 0 radical (unpaired) electrons. The lowest BCUT2D eigenvalue weighted by Gasteiger charge is -2.29. The Labute approximate surface area is 154 Å². The van der Waals surface area contributed by atoms with Crippen LogP contribution in [-0.4, -0.2) is 36.4 Å². The van der Waals surface area contributed by atoms with Crippen LogP contribution in [0.25, 0.3) is 0 Å². The fourth-order valence-electron chi connectivity index (χ4n) is 3.05. The van der Waals surface area contributed by atoms with Crippen LogP contribution >= 0.6 is 0 Å². The van der Waals surface area contributed by atoms with E-state index in [2.05, 4.69) is 12.2 Å². The van der Waals surface area contributed by atoms with Crippen molar-refractivity contribution in [3.63, 3.8) is 0 Å². The molecule has 0 aliphatic heterocycles. The lowest BCUT2D eigenvalue weighted by Crippen LogP contribution is -2.43. The predicted octanol–water partition coefficient (Wildman–Crippen LogP) is 2.89. The van der Waals surface area contributed by atoms with E-state index in [4.69, 9.17) is 9.47 Å². The summed E-state index contributed by atoms with van der Waals surface area (Å²) in [5.41, 5.74) is 0.571. The Morgan fingerprint density at radius 2 is 1.81 bits per heavy atom. The first-order valence-corrected chi connectivity index (χ1v) is 9.10. The molecule has 142 valence electrons. The Morgan fingerprint density at radius 1 is 1.15 bits per heavy atom. The maximum Gasteiger partial charge on any atom is 0.347 e. The second-order valence-electron chi connectivity index (χ2n) is 6.88. The largest absolute Gasteiger partial charge is 0.479 e. The van der Waals surface area contributed by atoms with E-state index < -0.39 is 12.1 Å². The van der Waals surface area contributed by atoms with Gasteiger partial charge in [-0.3, -0.25) is 9.59 Å². The Kier molecular flexibility index (Phi) is 7.18. The van der Waals surface area contributed by atoms with E-state index in [-0.39, 0.29) is 24.3 Å². The number of rotatable bonds is 7.